The molecule has 0 bridgehead atoms. The molecule has 9 heteroatoms. The number of ether oxygens (including phenoxy) is 1. The Morgan fingerprint density at radius 2 is 1.29 bits per heavy atom. The molecule has 1 aliphatic heterocycles. The third-order valence-electron chi connectivity index (χ3n) is 5.46. The molecule has 1 heterocycles. The van der Waals surface area contributed by atoms with Crippen LogP contribution in [0.1, 0.15) is 11.7 Å². The van der Waals surface area contributed by atoms with Gasteiger partial charge in [-0.2, -0.15) is 0 Å². The minimum absolute atomic E-state index is 0.0592. The van der Waals surface area contributed by atoms with Gasteiger partial charge in [0.1, 0.15) is 11.9 Å². The maximum atomic E-state index is 12.8. The molecule has 1 atom stereocenters. The molecule has 0 aromatic heterocycles. The zero-order valence-electron chi connectivity index (χ0n) is 17.9. The van der Waals surface area contributed by atoms with E-state index in [0.717, 1.165) is 24.7 Å². The number of carboxylic acid groups (broad SMARTS) is 1. The van der Waals surface area contributed by atoms with Gasteiger partial charge in [0, 0.05) is 24.8 Å². The van der Waals surface area contributed by atoms with Crippen LogP contribution in [0.2, 0.25) is 0 Å². The van der Waals surface area contributed by atoms with Crippen molar-refractivity contribution in [3.63, 3.8) is 0 Å². The highest BCUT2D eigenvalue weighted by Gasteiger charge is 2.41. The highest BCUT2D eigenvalue weighted by Crippen LogP contribution is 2.42. The quantitative estimate of drug-likeness (QED) is 0.318. The number of anilines is 2. The molecule has 0 amide bonds. The summed E-state index contributed by atoms with van der Waals surface area (Å²) in [7, 11) is 1.25. The Kier molecular flexibility index (Phi) is 7.45. The van der Waals surface area contributed by atoms with E-state index in [2.05, 4.69) is 47.8 Å². The summed E-state index contributed by atoms with van der Waals surface area (Å²) in [6.45, 7) is 0.0592. The predicted molar refractivity (Wildman–Crippen MR) is 142 cm³/mol. The van der Waals surface area contributed by atoms with E-state index in [4.69, 9.17) is 4.74 Å². The summed E-state index contributed by atoms with van der Waals surface area (Å²) in [5, 5.41) is 10.3. The molecular weight excluding hydrogens is 632 g/mol. The average Bonchev–Trinajstić information content (AvgIpc) is 2.84. The van der Waals surface area contributed by atoms with Crippen LogP contribution in [-0.2, 0) is 14.3 Å². The lowest BCUT2D eigenvalue weighted by Crippen LogP contribution is -2.50. The summed E-state index contributed by atoms with van der Waals surface area (Å²) < 4.78 is 7.67. The zero-order valence-corrected chi connectivity index (χ0v) is 22.7. The third-order valence-corrected chi connectivity index (χ3v) is 7.05. The first-order valence-corrected chi connectivity index (χ1v) is 12.5. The van der Waals surface area contributed by atoms with Crippen molar-refractivity contribution in [1.29, 1.82) is 0 Å². The Hall–Kier alpha value is -2.62. The van der Waals surface area contributed by atoms with Gasteiger partial charge in [-0.1, -0.05) is 59.9 Å². The minimum atomic E-state index is -1.21. The predicted octanol–water partition coefficient (Wildman–Crippen LogP) is 6.51. The van der Waals surface area contributed by atoms with E-state index in [1.54, 1.807) is 4.90 Å². The van der Waals surface area contributed by atoms with Crippen molar-refractivity contribution in [3.8, 4) is 0 Å². The molecule has 0 saturated heterocycles. The van der Waals surface area contributed by atoms with Crippen molar-refractivity contribution in [3.05, 3.63) is 103 Å². The molecule has 0 radical (unpaired) electrons. The summed E-state index contributed by atoms with van der Waals surface area (Å²) in [5.41, 5.74) is 2.25. The molecule has 3 aromatic carbocycles. The van der Waals surface area contributed by atoms with Crippen molar-refractivity contribution < 1.29 is 19.4 Å². The second-order valence-electron chi connectivity index (χ2n) is 7.50. The van der Waals surface area contributed by atoms with Crippen LogP contribution < -0.4 is 9.80 Å². The average molecular weight is 651 g/mol. The maximum Gasteiger partial charge on any atom is 0.353 e. The summed E-state index contributed by atoms with van der Waals surface area (Å²) >= 11 is 10.4. The Labute approximate surface area is 222 Å². The van der Waals surface area contributed by atoms with E-state index >= 15 is 0 Å². The smallest absolute Gasteiger partial charge is 0.353 e. The molecule has 0 saturated carbocycles. The topological polar surface area (TPSA) is 70.1 Å². The van der Waals surface area contributed by atoms with E-state index in [0.29, 0.717) is 5.69 Å². The van der Waals surface area contributed by atoms with Gasteiger partial charge in [-0.25, -0.2) is 9.59 Å². The van der Waals surface area contributed by atoms with Crippen LogP contribution in [0.5, 0.6) is 0 Å². The molecule has 1 aliphatic rings. The Morgan fingerprint density at radius 3 is 1.76 bits per heavy atom. The summed E-state index contributed by atoms with van der Waals surface area (Å²) in [6, 6.07) is 22.7. The lowest BCUT2D eigenvalue weighted by molar-refractivity contribution is -0.138. The van der Waals surface area contributed by atoms with E-state index in [1.165, 1.54) is 7.11 Å². The monoisotopic (exact) mass is 648 g/mol. The summed E-state index contributed by atoms with van der Waals surface area (Å²) in [4.78, 5) is 29.1. The first kappa shape index (κ1) is 24.5. The molecule has 6 nitrogen and oxygen atoms in total. The number of aliphatic carboxylic acids is 1. The first-order valence-electron chi connectivity index (χ1n) is 10.2. The molecule has 0 fully saturated rings. The van der Waals surface area contributed by atoms with E-state index in [-0.39, 0.29) is 17.8 Å². The van der Waals surface area contributed by atoms with Crippen LogP contribution >= 0.6 is 47.8 Å². The molecule has 34 heavy (non-hydrogen) atoms. The van der Waals surface area contributed by atoms with Gasteiger partial charge in [0.2, 0.25) is 0 Å². The van der Waals surface area contributed by atoms with Gasteiger partial charge in [0.15, 0.2) is 0 Å². The van der Waals surface area contributed by atoms with Crippen LogP contribution in [0, 0.1) is 0 Å². The lowest BCUT2D eigenvalue weighted by atomic mass is 9.99. The lowest BCUT2D eigenvalue weighted by Gasteiger charge is -2.46. The zero-order chi connectivity index (χ0) is 24.4. The van der Waals surface area contributed by atoms with Gasteiger partial charge >= 0.3 is 11.9 Å². The molecule has 0 aliphatic carbocycles. The van der Waals surface area contributed by atoms with Crippen LogP contribution in [0.4, 0.5) is 11.4 Å². The maximum absolute atomic E-state index is 12.8. The molecule has 0 spiro atoms. The van der Waals surface area contributed by atoms with Crippen molar-refractivity contribution in [2.24, 2.45) is 0 Å². The molecule has 1 N–H and O–H groups in total. The van der Waals surface area contributed by atoms with Gasteiger partial charge in [-0.15, -0.1) is 0 Å². The highest BCUT2D eigenvalue weighted by atomic mass is 79.9. The van der Waals surface area contributed by atoms with Crippen molar-refractivity contribution >= 4 is 71.1 Å². The molecule has 3 aromatic rings. The third kappa shape index (κ3) is 4.92. The van der Waals surface area contributed by atoms with Crippen molar-refractivity contribution in [2.75, 3.05) is 23.5 Å². The fourth-order valence-electron chi connectivity index (χ4n) is 3.96. The number of rotatable bonds is 5. The van der Waals surface area contributed by atoms with Gasteiger partial charge < -0.3 is 19.6 Å². The molecular formula is C25H19Br3N2O4. The standard InChI is InChI=1S/C25H19Br3N2O4/c1-34-25(33)21-14-29(19-10-6-17(27)7-11-19)23(15-2-4-16(26)5-3-15)30(22(21)24(31)32)20-12-8-18(28)9-13-20/h2-13,23H,14H2,1H3,(H,31,32). The van der Waals surface area contributed by atoms with E-state index < -0.39 is 18.1 Å². The number of hydrogen-bond acceptors (Lipinski definition) is 5. The number of methoxy groups -OCH3 is 1. The Balaban J connectivity index is 2.02. The summed E-state index contributed by atoms with van der Waals surface area (Å²) in [5.74, 6) is -1.89. The Bertz CT molecular complexity index is 1240. The number of carboxylic acids is 1. The number of halogens is 3. The number of carbonyl (C=O) groups is 2. The molecule has 4 rings (SSSR count). The molecule has 1 unspecified atom stereocenters. The SMILES string of the molecule is COC(=O)C1=C(C(=O)O)N(c2ccc(Br)cc2)C(c2ccc(Br)cc2)N(c2ccc(Br)cc2)C1. The minimum Gasteiger partial charge on any atom is -0.477 e. The van der Waals surface area contributed by atoms with Gasteiger partial charge in [0.05, 0.1) is 19.2 Å². The summed E-state index contributed by atoms with van der Waals surface area (Å²) in [6.07, 6.45) is -0.546. The largest absolute Gasteiger partial charge is 0.477 e. The van der Waals surface area contributed by atoms with Crippen molar-refractivity contribution in [2.45, 2.75) is 6.17 Å². The van der Waals surface area contributed by atoms with E-state index in [1.807, 2.05) is 77.7 Å². The van der Waals surface area contributed by atoms with Crippen molar-refractivity contribution in [1.82, 2.24) is 0 Å². The second kappa shape index (κ2) is 10.3. The highest BCUT2D eigenvalue weighted by molar-refractivity contribution is 9.11. The first-order chi connectivity index (χ1) is 16.3. The number of hydrogen-bond donors (Lipinski definition) is 1. The second-order valence-corrected chi connectivity index (χ2v) is 10.2. The van der Waals surface area contributed by atoms with Crippen LogP contribution in [0.25, 0.3) is 0 Å². The fourth-order valence-corrected chi connectivity index (χ4v) is 4.75. The number of benzene rings is 3. The normalized spacial score (nSPS) is 15.9. The van der Waals surface area contributed by atoms with Crippen LogP contribution in [0.15, 0.2) is 97.5 Å². The van der Waals surface area contributed by atoms with Gasteiger partial charge in [-0.3, -0.25) is 0 Å². The van der Waals surface area contributed by atoms with Crippen LogP contribution in [0.3, 0.4) is 0 Å². The van der Waals surface area contributed by atoms with Crippen LogP contribution in [-0.4, -0.2) is 30.7 Å². The molecule has 174 valence electrons. The Morgan fingerprint density at radius 1 is 0.824 bits per heavy atom. The van der Waals surface area contributed by atoms with Gasteiger partial charge in [0.25, 0.3) is 0 Å². The fraction of sp³-hybridized carbons (Fsp3) is 0.120. The van der Waals surface area contributed by atoms with E-state index in [9.17, 15) is 14.7 Å². The number of nitrogens with zero attached hydrogens (tertiary/aromatic N) is 2. The number of carbonyl (C=O) groups excluding carboxylic acids is 1. The van der Waals surface area contributed by atoms with Gasteiger partial charge in [-0.05, 0) is 66.2 Å². The number of esters is 1.